The van der Waals surface area contributed by atoms with Crippen molar-refractivity contribution >= 4 is 33.2 Å². The van der Waals surface area contributed by atoms with Gasteiger partial charge in [-0.15, -0.1) is 11.3 Å². The van der Waals surface area contributed by atoms with Crippen molar-refractivity contribution in [3.05, 3.63) is 47.2 Å². The van der Waals surface area contributed by atoms with Crippen LogP contribution in [0.1, 0.15) is 11.4 Å². The van der Waals surface area contributed by atoms with E-state index in [0.29, 0.717) is 0 Å². The Bertz CT molecular complexity index is 934. The fourth-order valence-corrected chi connectivity index (χ4v) is 3.03. The van der Waals surface area contributed by atoms with Crippen LogP contribution in [0, 0.1) is 13.8 Å². The molecule has 0 spiro atoms. The highest BCUT2D eigenvalue weighted by molar-refractivity contribution is 7.13. The van der Waals surface area contributed by atoms with Crippen molar-refractivity contribution in [3.63, 3.8) is 0 Å². The number of benzene rings is 1. The topological polar surface area (TPSA) is 71.4 Å². The average Bonchev–Trinajstić information content (AvgIpc) is 3.21. The van der Waals surface area contributed by atoms with Gasteiger partial charge in [0.1, 0.15) is 0 Å². The lowest BCUT2D eigenvalue weighted by Crippen LogP contribution is -1.98. The summed E-state index contributed by atoms with van der Waals surface area (Å²) in [4.78, 5) is 4.23. The van der Waals surface area contributed by atoms with Crippen LogP contribution in [0.15, 0.2) is 35.8 Å². The van der Waals surface area contributed by atoms with Crippen LogP contribution in [0.2, 0.25) is 0 Å². The molecule has 3 heterocycles. The van der Waals surface area contributed by atoms with Crippen molar-refractivity contribution in [1.82, 2.24) is 25.0 Å². The van der Waals surface area contributed by atoms with E-state index in [1.807, 2.05) is 36.0 Å². The number of aromatic amines is 1. The summed E-state index contributed by atoms with van der Waals surface area (Å²) in [6.45, 7) is 4.05. The second-order valence-electron chi connectivity index (χ2n) is 5.10. The average molecular weight is 310 g/mol. The Balaban J connectivity index is 1.81. The van der Waals surface area contributed by atoms with Gasteiger partial charge in [-0.1, -0.05) is 0 Å². The molecule has 0 saturated carbocycles. The van der Waals surface area contributed by atoms with Gasteiger partial charge < -0.3 is 5.32 Å². The first-order valence-corrected chi connectivity index (χ1v) is 7.77. The number of anilines is 2. The second-order valence-corrected chi connectivity index (χ2v) is 6.00. The Hall–Kier alpha value is -2.67. The van der Waals surface area contributed by atoms with E-state index in [2.05, 4.69) is 37.7 Å². The van der Waals surface area contributed by atoms with E-state index in [4.69, 9.17) is 0 Å². The number of aromatic nitrogens is 5. The number of hydrogen-bond donors (Lipinski definition) is 2. The quantitative estimate of drug-likeness (QED) is 0.607. The van der Waals surface area contributed by atoms with Crippen molar-refractivity contribution in [3.8, 4) is 5.69 Å². The van der Waals surface area contributed by atoms with Crippen LogP contribution in [0.25, 0.3) is 16.6 Å². The zero-order valence-corrected chi connectivity index (χ0v) is 13.0. The smallest absolute Gasteiger partial charge is 0.188 e. The number of rotatable bonds is 3. The van der Waals surface area contributed by atoms with Crippen LogP contribution < -0.4 is 5.32 Å². The summed E-state index contributed by atoms with van der Waals surface area (Å²) in [5.41, 5.74) is 4.10. The second kappa shape index (κ2) is 4.96. The molecular formula is C15H14N6S. The minimum absolute atomic E-state index is 0.772. The monoisotopic (exact) mass is 310 g/mol. The number of hydrogen-bond acceptors (Lipinski definition) is 5. The number of fused-ring (bicyclic) bond motifs is 1. The van der Waals surface area contributed by atoms with Crippen molar-refractivity contribution < 1.29 is 0 Å². The first-order chi connectivity index (χ1) is 10.7. The Morgan fingerprint density at radius 1 is 1.23 bits per heavy atom. The van der Waals surface area contributed by atoms with Crippen molar-refractivity contribution in [2.24, 2.45) is 0 Å². The van der Waals surface area contributed by atoms with Gasteiger partial charge >= 0.3 is 0 Å². The minimum Gasteiger partial charge on any atom is -0.314 e. The standard InChI is InChI=1S/C15H14N6S/c1-9-7-10(2)21(20-9)11-3-4-13-12(8-11)14(19-18-13)17-15-16-5-6-22-15/h3-8H,1-2H3,(H2,16,17,18,19). The molecule has 0 radical (unpaired) electrons. The molecule has 3 aromatic heterocycles. The zero-order valence-electron chi connectivity index (χ0n) is 12.2. The summed E-state index contributed by atoms with van der Waals surface area (Å²) in [5, 5.41) is 18.9. The molecule has 6 nitrogen and oxygen atoms in total. The first-order valence-electron chi connectivity index (χ1n) is 6.89. The van der Waals surface area contributed by atoms with E-state index in [1.165, 1.54) is 0 Å². The predicted octanol–water partition coefficient (Wildman–Crippen LogP) is 3.57. The van der Waals surface area contributed by atoms with Gasteiger partial charge in [-0.05, 0) is 38.1 Å². The maximum absolute atomic E-state index is 4.53. The Morgan fingerprint density at radius 3 is 2.86 bits per heavy atom. The van der Waals surface area contributed by atoms with Gasteiger partial charge in [0, 0.05) is 22.7 Å². The van der Waals surface area contributed by atoms with E-state index in [9.17, 15) is 0 Å². The van der Waals surface area contributed by atoms with Gasteiger partial charge in [-0.3, -0.25) is 5.10 Å². The molecule has 110 valence electrons. The molecular weight excluding hydrogens is 296 g/mol. The van der Waals surface area contributed by atoms with Crippen LogP contribution in [0.5, 0.6) is 0 Å². The van der Waals surface area contributed by atoms with Crippen LogP contribution in [-0.2, 0) is 0 Å². The molecule has 0 unspecified atom stereocenters. The van der Waals surface area contributed by atoms with Crippen LogP contribution >= 0.6 is 11.3 Å². The first kappa shape index (κ1) is 13.0. The van der Waals surface area contributed by atoms with E-state index in [-0.39, 0.29) is 0 Å². The normalized spacial score (nSPS) is 11.2. The molecule has 0 atom stereocenters. The van der Waals surface area contributed by atoms with E-state index >= 15 is 0 Å². The van der Waals surface area contributed by atoms with Crippen LogP contribution in [0.4, 0.5) is 10.9 Å². The van der Waals surface area contributed by atoms with Gasteiger partial charge in [0.05, 0.1) is 16.9 Å². The van der Waals surface area contributed by atoms with Crippen molar-refractivity contribution in [1.29, 1.82) is 0 Å². The molecule has 4 aromatic rings. The zero-order chi connectivity index (χ0) is 15.1. The molecule has 2 N–H and O–H groups in total. The molecule has 1 aromatic carbocycles. The van der Waals surface area contributed by atoms with E-state index in [0.717, 1.165) is 38.9 Å². The molecule has 0 aliphatic carbocycles. The van der Waals surface area contributed by atoms with Gasteiger partial charge in [-0.2, -0.15) is 10.2 Å². The maximum atomic E-state index is 4.53. The number of nitrogens with zero attached hydrogens (tertiary/aromatic N) is 4. The fraction of sp³-hybridized carbons (Fsp3) is 0.133. The third kappa shape index (κ3) is 2.15. The Kier molecular flexibility index (Phi) is 2.93. The van der Waals surface area contributed by atoms with Crippen molar-refractivity contribution in [2.75, 3.05) is 5.32 Å². The summed E-state index contributed by atoms with van der Waals surface area (Å²) in [7, 11) is 0. The predicted molar refractivity (Wildman–Crippen MR) is 88.1 cm³/mol. The lowest BCUT2D eigenvalue weighted by molar-refractivity contribution is 0.835. The number of nitrogens with one attached hydrogen (secondary N) is 2. The van der Waals surface area contributed by atoms with E-state index in [1.54, 1.807) is 17.5 Å². The van der Waals surface area contributed by atoms with Gasteiger partial charge in [0.15, 0.2) is 10.9 Å². The van der Waals surface area contributed by atoms with Gasteiger partial charge in [-0.25, -0.2) is 9.67 Å². The molecule has 0 saturated heterocycles. The number of aryl methyl sites for hydroxylation is 2. The summed E-state index contributed by atoms with van der Waals surface area (Å²) in [6, 6.07) is 8.19. The molecule has 4 rings (SSSR count). The number of H-pyrrole nitrogens is 1. The number of thiazole rings is 1. The van der Waals surface area contributed by atoms with Crippen molar-refractivity contribution in [2.45, 2.75) is 13.8 Å². The third-order valence-electron chi connectivity index (χ3n) is 3.46. The lowest BCUT2D eigenvalue weighted by atomic mass is 10.2. The fourth-order valence-electron chi connectivity index (χ4n) is 2.51. The van der Waals surface area contributed by atoms with Gasteiger partial charge in [0.2, 0.25) is 0 Å². The van der Waals surface area contributed by atoms with Crippen LogP contribution in [-0.4, -0.2) is 25.0 Å². The molecule has 0 aliphatic heterocycles. The molecule has 22 heavy (non-hydrogen) atoms. The maximum Gasteiger partial charge on any atom is 0.188 e. The summed E-state index contributed by atoms with van der Waals surface area (Å²) in [5.74, 6) is 0.772. The van der Waals surface area contributed by atoms with Gasteiger partial charge in [0.25, 0.3) is 0 Å². The lowest BCUT2D eigenvalue weighted by Gasteiger charge is -2.05. The van der Waals surface area contributed by atoms with E-state index < -0.39 is 0 Å². The summed E-state index contributed by atoms with van der Waals surface area (Å²) < 4.78 is 1.94. The molecule has 0 bridgehead atoms. The minimum atomic E-state index is 0.772. The third-order valence-corrected chi connectivity index (χ3v) is 4.15. The Labute approximate surface area is 130 Å². The molecule has 7 heteroatoms. The highest BCUT2D eigenvalue weighted by Gasteiger charge is 2.10. The SMILES string of the molecule is Cc1cc(C)n(-c2ccc3[nH]nc(Nc4nccs4)c3c2)n1. The molecule has 0 fully saturated rings. The summed E-state index contributed by atoms with van der Waals surface area (Å²) >= 11 is 1.54. The molecule has 0 amide bonds. The Morgan fingerprint density at radius 2 is 2.14 bits per heavy atom. The molecule has 0 aliphatic rings. The largest absolute Gasteiger partial charge is 0.314 e. The summed E-state index contributed by atoms with van der Waals surface area (Å²) in [6.07, 6.45) is 1.77. The van der Waals surface area contributed by atoms with Crippen LogP contribution in [0.3, 0.4) is 0 Å². The highest BCUT2D eigenvalue weighted by Crippen LogP contribution is 2.27. The highest BCUT2D eigenvalue weighted by atomic mass is 32.1.